The zero-order valence-corrected chi connectivity index (χ0v) is 16.0. The van der Waals surface area contributed by atoms with E-state index in [2.05, 4.69) is 21.5 Å². The minimum Gasteiger partial charge on any atom is -0.507 e. The Morgan fingerprint density at radius 2 is 2.04 bits per heavy atom. The summed E-state index contributed by atoms with van der Waals surface area (Å²) in [6, 6.07) is 12.6. The minimum atomic E-state index is 0.0409. The number of benzene rings is 2. The second-order valence-electron chi connectivity index (χ2n) is 6.00. The van der Waals surface area contributed by atoms with Crippen LogP contribution in [-0.2, 0) is 0 Å². The number of halogens is 1. The Balaban J connectivity index is 1.97. The maximum Gasteiger partial charge on any atom is 0.165 e. The molecule has 0 saturated carbocycles. The Bertz CT molecular complexity index is 906. The van der Waals surface area contributed by atoms with E-state index in [1.54, 1.807) is 30.0 Å². The van der Waals surface area contributed by atoms with Gasteiger partial charge in [-0.15, -0.1) is 0 Å². The van der Waals surface area contributed by atoms with Crippen molar-refractivity contribution in [1.29, 1.82) is 0 Å². The van der Waals surface area contributed by atoms with Crippen LogP contribution in [0.15, 0.2) is 42.5 Å². The molecule has 1 atom stereocenters. The highest BCUT2D eigenvalue weighted by Crippen LogP contribution is 2.32. The number of phenols is 1. The van der Waals surface area contributed by atoms with Crippen LogP contribution < -0.4 is 11.1 Å². The monoisotopic (exact) mass is 388 g/mol. The second kappa shape index (κ2) is 8.58. The predicted octanol–water partition coefficient (Wildman–Crippen LogP) is 4.15. The van der Waals surface area contributed by atoms with Gasteiger partial charge in [-0.3, -0.25) is 0 Å². The quantitative estimate of drug-likeness (QED) is 0.564. The van der Waals surface area contributed by atoms with E-state index in [9.17, 15) is 5.11 Å². The van der Waals surface area contributed by atoms with Crippen LogP contribution in [0.2, 0.25) is 5.02 Å². The van der Waals surface area contributed by atoms with E-state index in [0.717, 1.165) is 23.1 Å². The summed E-state index contributed by atoms with van der Waals surface area (Å²) in [5.41, 5.74) is 7.46. The van der Waals surface area contributed by atoms with E-state index in [1.807, 2.05) is 24.3 Å². The maximum atomic E-state index is 10.2. The number of para-hydroxylation sites is 1. The van der Waals surface area contributed by atoms with Crippen molar-refractivity contribution in [3.63, 3.8) is 0 Å². The molecule has 2 aromatic carbocycles. The van der Waals surface area contributed by atoms with Crippen molar-refractivity contribution in [2.75, 3.05) is 23.9 Å². The number of rotatable bonds is 7. The summed E-state index contributed by atoms with van der Waals surface area (Å²) < 4.78 is 0. The first-order valence-corrected chi connectivity index (χ1v) is 10.1. The Morgan fingerprint density at radius 1 is 1.23 bits per heavy atom. The molecule has 1 unspecified atom stereocenters. The molecule has 3 aromatic rings. The molecule has 7 heteroatoms. The number of aromatic hydroxyl groups is 1. The van der Waals surface area contributed by atoms with Crippen molar-refractivity contribution < 1.29 is 5.11 Å². The summed E-state index contributed by atoms with van der Waals surface area (Å²) in [7, 11) is 0. The maximum absolute atomic E-state index is 10.2. The van der Waals surface area contributed by atoms with Gasteiger partial charge in [0.1, 0.15) is 11.6 Å². The van der Waals surface area contributed by atoms with Gasteiger partial charge in [-0.05, 0) is 48.8 Å². The summed E-state index contributed by atoms with van der Waals surface area (Å²) in [4.78, 5) is 9.20. The van der Waals surface area contributed by atoms with Gasteiger partial charge in [0.05, 0.1) is 11.1 Å². The first kappa shape index (κ1) is 18.8. The highest BCUT2D eigenvalue weighted by Gasteiger charge is 2.13. The summed E-state index contributed by atoms with van der Waals surface area (Å²) >= 11 is 7.86. The average Bonchev–Trinajstić information content (AvgIpc) is 2.66. The van der Waals surface area contributed by atoms with Crippen LogP contribution in [0.4, 0.5) is 5.82 Å². The molecular weight excluding hydrogens is 368 g/mol. The van der Waals surface area contributed by atoms with Gasteiger partial charge in [-0.2, -0.15) is 11.8 Å². The number of phenolic OH excluding ortho intramolecular Hbond substituents is 1. The van der Waals surface area contributed by atoms with E-state index in [1.165, 1.54) is 0 Å². The fourth-order valence-electron chi connectivity index (χ4n) is 2.62. The van der Waals surface area contributed by atoms with E-state index >= 15 is 0 Å². The van der Waals surface area contributed by atoms with Gasteiger partial charge in [0.2, 0.25) is 0 Å². The molecule has 0 aliphatic rings. The minimum absolute atomic E-state index is 0.0409. The number of aromatic nitrogens is 2. The normalized spacial score (nSPS) is 12.3. The van der Waals surface area contributed by atoms with E-state index in [0.29, 0.717) is 28.8 Å². The summed E-state index contributed by atoms with van der Waals surface area (Å²) in [6.45, 7) is 0.614. The lowest BCUT2D eigenvalue weighted by Gasteiger charge is -2.15. The van der Waals surface area contributed by atoms with Gasteiger partial charge in [0.15, 0.2) is 5.82 Å². The van der Waals surface area contributed by atoms with E-state index in [4.69, 9.17) is 17.3 Å². The van der Waals surface area contributed by atoms with Crippen LogP contribution in [0.25, 0.3) is 22.3 Å². The number of nitrogens with one attached hydrogen (secondary N) is 1. The average molecular weight is 389 g/mol. The molecule has 1 heterocycles. The Hall–Kier alpha value is -2.02. The van der Waals surface area contributed by atoms with Crippen molar-refractivity contribution in [3.05, 3.63) is 47.5 Å². The fraction of sp³-hybridized carbons (Fsp3) is 0.263. The molecule has 0 saturated heterocycles. The highest BCUT2D eigenvalue weighted by atomic mass is 35.5. The first-order valence-electron chi connectivity index (χ1n) is 8.32. The standard InChI is InChI=1S/C19H21ClN4OS/c1-26-9-8-13(21)11-22-18-14-4-2-3-5-16(14)23-19(24-18)15-10-12(20)6-7-17(15)25/h2-7,10,13,25H,8-9,11,21H2,1H3,(H,22,23,24). The smallest absolute Gasteiger partial charge is 0.165 e. The third-order valence-electron chi connectivity index (χ3n) is 4.03. The molecule has 4 N–H and O–H groups in total. The predicted molar refractivity (Wildman–Crippen MR) is 111 cm³/mol. The van der Waals surface area contributed by atoms with Crippen LogP contribution in [-0.4, -0.2) is 39.7 Å². The number of thioether (sulfide) groups is 1. The third-order valence-corrected chi connectivity index (χ3v) is 4.91. The van der Waals surface area contributed by atoms with Crippen LogP contribution >= 0.6 is 23.4 Å². The number of fused-ring (bicyclic) bond motifs is 1. The third kappa shape index (κ3) is 4.38. The molecule has 0 aliphatic heterocycles. The van der Waals surface area contributed by atoms with Crippen molar-refractivity contribution in [1.82, 2.24) is 9.97 Å². The van der Waals surface area contributed by atoms with Crippen molar-refractivity contribution in [2.45, 2.75) is 12.5 Å². The molecule has 26 heavy (non-hydrogen) atoms. The van der Waals surface area contributed by atoms with Gasteiger partial charge >= 0.3 is 0 Å². The summed E-state index contributed by atoms with van der Waals surface area (Å²) in [5.74, 6) is 2.23. The lowest BCUT2D eigenvalue weighted by atomic mass is 10.1. The molecule has 0 bridgehead atoms. The van der Waals surface area contributed by atoms with Gasteiger partial charge < -0.3 is 16.2 Å². The van der Waals surface area contributed by atoms with E-state index in [-0.39, 0.29) is 11.8 Å². The van der Waals surface area contributed by atoms with Crippen LogP contribution in [0.1, 0.15) is 6.42 Å². The number of hydrogen-bond acceptors (Lipinski definition) is 6. The summed E-state index contributed by atoms with van der Waals surface area (Å²) in [6.07, 6.45) is 3.00. The van der Waals surface area contributed by atoms with Gasteiger partial charge in [-0.25, -0.2) is 9.97 Å². The largest absolute Gasteiger partial charge is 0.507 e. The van der Waals surface area contributed by atoms with Crippen LogP contribution in [0.5, 0.6) is 5.75 Å². The molecule has 5 nitrogen and oxygen atoms in total. The van der Waals surface area contributed by atoms with Gasteiger partial charge in [-0.1, -0.05) is 23.7 Å². The Morgan fingerprint density at radius 3 is 2.85 bits per heavy atom. The number of nitrogens with zero attached hydrogens (tertiary/aromatic N) is 2. The Kier molecular flexibility index (Phi) is 6.19. The van der Waals surface area contributed by atoms with Crippen molar-refractivity contribution in [3.8, 4) is 17.1 Å². The van der Waals surface area contributed by atoms with Gasteiger partial charge in [0.25, 0.3) is 0 Å². The molecule has 0 spiro atoms. The fourth-order valence-corrected chi connectivity index (χ4v) is 3.33. The van der Waals surface area contributed by atoms with Gasteiger partial charge in [0, 0.05) is 23.0 Å². The van der Waals surface area contributed by atoms with Crippen molar-refractivity contribution in [2.24, 2.45) is 5.73 Å². The highest BCUT2D eigenvalue weighted by molar-refractivity contribution is 7.98. The molecule has 1 aromatic heterocycles. The number of anilines is 1. The molecular formula is C19H21ClN4OS. The Labute approximate surface area is 162 Å². The zero-order valence-electron chi connectivity index (χ0n) is 14.4. The lowest BCUT2D eigenvalue weighted by Crippen LogP contribution is -2.30. The van der Waals surface area contributed by atoms with E-state index < -0.39 is 0 Å². The number of hydrogen-bond donors (Lipinski definition) is 3. The molecule has 136 valence electrons. The molecule has 0 amide bonds. The zero-order chi connectivity index (χ0) is 18.5. The molecule has 0 radical (unpaired) electrons. The second-order valence-corrected chi connectivity index (χ2v) is 7.42. The first-order chi connectivity index (χ1) is 12.6. The molecule has 3 rings (SSSR count). The number of nitrogens with two attached hydrogens (primary N) is 1. The topological polar surface area (TPSA) is 84.1 Å². The SMILES string of the molecule is CSCCC(N)CNc1nc(-c2cc(Cl)ccc2O)nc2ccccc12. The summed E-state index contributed by atoms with van der Waals surface area (Å²) in [5, 5.41) is 15.0. The van der Waals surface area contributed by atoms with Crippen molar-refractivity contribution >= 4 is 40.1 Å². The molecule has 0 aliphatic carbocycles. The lowest BCUT2D eigenvalue weighted by molar-refractivity contribution is 0.477. The van der Waals surface area contributed by atoms with Crippen LogP contribution in [0.3, 0.4) is 0 Å². The molecule has 0 fully saturated rings. The van der Waals surface area contributed by atoms with Crippen LogP contribution in [0, 0.1) is 0 Å².